The zero-order valence-electron chi connectivity index (χ0n) is 10.3. The first kappa shape index (κ1) is 12.0. The quantitative estimate of drug-likeness (QED) is 0.837. The maximum absolute atomic E-state index is 12.2. The van der Waals surface area contributed by atoms with Gasteiger partial charge in [-0.05, 0) is 31.9 Å². The maximum Gasteiger partial charge on any atom is 0.272 e. The Hall–Kier alpha value is -1.42. The van der Waals surface area contributed by atoms with E-state index in [4.69, 9.17) is 0 Å². The molecule has 2 heterocycles. The lowest BCUT2D eigenvalue weighted by Crippen LogP contribution is -2.31. The summed E-state index contributed by atoms with van der Waals surface area (Å²) in [6.07, 6.45) is 2.16. The Kier molecular flexibility index (Phi) is 3.43. The van der Waals surface area contributed by atoms with Gasteiger partial charge in [-0.3, -0.25) is 9.78 Å². The first-order chi connectivity index (χ1) is 8.09. The number of rotatable bonds is 2. The van der Waals surface area contributed by atoms with E-state index >= 15 is 0 Å². The Bertz CT molecular complexity index is 418. The van der Waals surface area contributed by atoms with Crippen LogP contribution >= 0.6 is 0 Å². The summed E-state index contributed by atoms with van der Waals surface area (Å²) in [5.74, 6) is 0.175. The second-order valence-corrected chi connectivity index (χ2v) is 4.71. The van der Waals surface area contributed by atoms with Crippen molar-refractivity contribution >= 4 is 5.91 Å². The minimum Gasteiger partial charge on any atom is -0.393 e. The van der Waals surface area contributed by atoms with Gasteiger partial charge in [-0.1, -0.05) is 6.07 Å². The molecule has 4 heteroatoms. The highest BCUT2D eigenvalue weighted by atomic mass is 16.3. The number of aryl methyl sites for hydroxylation is 1. The summed E-state index contributed by atoms with van der Waals surface area (Å²) in [7, 11) is 0. The summed E-state index contributed by atoms with van der Waals surface area (Å²) in [6.45, 7) is 5.02. The second kappa shape index (κ2) is 4.84. The van der Waals surface area contributed by atoms with E-state index in [1.54, 1.807) is 18.0 Å². The van der Waals surface area contributed by atoms with E-state index in [-0.39, 0.29) is 17.9 Å². The monoisotopic (exact) mass is 234 g/mol. The molecule has 1 N–H and O–H groups in total. The minimum atomic E-state index is -0.349. The first-order valence-electron chi connectivity index (χ1n) is 5.98. The summed E-state index contributed by atoms with van der Waals surface area (Å²) in [5.41, 5.74) is 1.43. The predicted molar refractivity (Wildman–Crippen MR) is 64.7 cm³/mol. The van der Waals surface area contributed by atoms with Crippen molar-refractivity contribution < 1.29 is 9.90 Å². The minimum absolute atomic E-state index is 0.0220. The lowest BCUT2D eigenvalue weighted by atomic mass is 10.0. The smallest absolute Gasteiger partial charge is 0.272 e. The number of carbonyl (C=O) groups excluding carboxylic acids is 1. The molecule has 0 bridgehead atoms. The highest BCUT2D eigenvalue weighted by Gasteiger charge is 2.30. The largest absolute Gasteiger partial charge is 0.393 e. The summed E-state index contributed by atoms with van der Waals surface area (Å²) < 4.78 is 0. The topological polar surface area (TPSA) is 53.4 Å². The van der Waals surface area contributed by atoms with Crippen molar-refractivity contribution in [2.24, 2.45) is 5.92 Å². The summed E-state index contributed by atoms with van der Waals surface area (Å²) in [6, 6.07) is 3.72. The molecule has 92 valence electrons. The molecule has 1 aliphatic rings. The van der Waals surface area contributed by atoms with Crippen LogP contribution in [0.15, 0.2) is 18.3 Å². The van der Waals surface area contributed by atoms with Crippen molar-refractivity contribution in [2.45, 2.75) is 26.4 Å². The molecule has 0 aromatic carbocycles. The SMILES string of the molecule is Cc1cccnc1C(=O)N1CCC(C(C)O)C1. The molecule has 1 fully saturated rings. The van der Waals surface area contributed by atoms with Gasteiger partial charge in [0.15, 0.2) is 0 Å². The zero-order valence-corrected chi connectivity index (χ0v) is 10.3. The molecule has 4 nitrogen and oxygen atoms in total. The van der Waals surface area contributed by atoms with E-state index in [1.165, 1.54) is 0 Å². The maximum atomic E-state index is 12.2. The second-order valence-electron chi connectivity index (χ2n) is 4.71. The molecular weight excluding hydrogens is 216 g/mol. The Morgan fingerprint density at radius 2 is 2.41 bits per heavy atom. The number of aromatic nitrogens is 1. The van der Waals surface area contributed by atoms with Crippen LogP contribution < -0.4 is 0 Å². The van der Waals surface area contributed by atoms with Crippen molar-refractivity contribution in [3.63, 3.8) is 0 Å². The number of carbonyl (C=O) groups is 1. The average Bonchev–Trinajstić information content (AvgIpc) is 2.78. The number of hydrogen-bond acceptors (Lipinski definition) is 3. The van der Waals surface area contributed by atoms with Crippen LogP contribution in [0, 0.1) is 12.8 Å². The molecule has 1 amide bonds. The third-order valence-electron chi connectivity index (χ3n) is 3.41. The number of nitrogens with zero attached hydrogens (tertiary/aromatic N) is 2. The fraction of sp³-hybridized carbons (Fsp3) is 0.538. The van der Waals surface area contributed by atoms with Gasteiger partial charge in [0, 0.05) is 25.2 Å². The molecule has 0 saturated carbocycles. The third-order valence-corrected chi connectivity index (χ3v) is 3.41. The fourth-order valence-electron chi connectivity index (χ4n) is 2.22. The first-order valence-corrected chi connectivity index (χ1v) is 5.98. The molecule has 2 unspecified atom stereocenters. The van der Waals surface area contributed by atoms with E-state index in [2.05, 4.69) is 4.98 Å². The van der Waals surface area contributed by atoms with Crippen LogP contribution in [0.3, 0.4) is 0 Å². The fourth-order valence-corrected chi connectivity index (χ4v) is 2.22. The van der Waals surface area contributed by atoms with Crippen molar-refractivity contribution in [3.8, 4) is 0 Å². The molecule has 2 rings (SSSR count). The van der Waals surface area contributed by atoms with Crippen LogP contribution in [0.4, 0.5) is 0 Å². The number of hydrogen-bond donors (Lipinski definition) is 1. The van der Waals surface area contributed by atoms with Crippen molar-refractivity contribution in [1.82, 2.24) is 9.88 Å². The van der Waals surface area contributed by atoms with E-state index in [0.29, 0.717) is 18.8 Å². The van der Waals surface area contributed by atoms with Crippen LogP contribution in [0.5, 0.6) is 0 Å². The van der Waals surface area contributed by atoms with Gasteiger partial charge >= 0.3 is 0 Å². The number of aliphatic hydroxyl groups is 1. The van der Waals surface area contributed by atoms with Gasteiger partial charge in [-0.15, -0.1) is 0 Å². The highest BCUT2D eigenvalue weighted by molar-refractivity contribution is 5.93. The number of aliphatic hydroxyl groups excluding tert-OH is 1. The Balaban J connectivity index is 2.10. The van der Waals surface area contributed by atoms with Gasteiger partial charge in [-0.2, -0.15) is 0 Å². The lowest BCUT2D eigenvalue weighted by molar-refractivity contribution is 0.0756. The number of amides is 1. The average molecular weight is 234 g/mol. The van der Waals surface area contributed by atoms with Gasteiger partial charge in [-0.25, -0.2) is 0 Å². The molecule has 1 aliphatic heterocycles. The molecule has 0 aliphatic carbocycles. The summed E-state index contributed by atoms with van der Waals surface area (Å²) in [4.78, 5) is 18.1. The van der Waals surface area contributed by atoms with Gasteiger partial charge in [0.2, 0.25) is 0 Å². The van der Waals surface area contributed by atoms with E-state index in [1.807, 2.05) is 19.1 Å². The molecule has 0 radical (unpaired) electrons. The Morgan fingerprint density at radius 1 is 1.65 bits per heavy atom. The highest BCUT2D eigenvalue weighted by Crippen LogP contribution is 2.21. The van der Waals surface area contributed by atoms with E-state index < -0.39 is 0 Å². The Labute approximate surface area is 101 Å². The number of likely N-dealkylation sites (tertiary alicyclic amines) is 1. The third kappa shape index (κ3) is 2.47. The van der Waals surface area contributed by atoms with Gasteiger partial charge in [0.1, 0.15) is 5.69 Å². The van der Waals surface area contributed by atoms with Crippen molar-refractivity contribution in [2.75, 3.05) is 13.1 Å². The van der Waals surface area contributed by atoms with Gasteiger partial charge in [0.25, 0.3) is 5.91 Å². The van der Waals surface area contributed by atoms with Crippen LogP contribution in [0.25, 0.3) is 0 Å². The van der Waals surface area contributed by atoms with Gasteiger partial charge in [0.05, 0.1) is 6.10 Å². The number of pyridine rings is 1. The molecular formula is C13H18N2O2. The molecule has 0 spiro atoms. The normalized spacial score (nSPS) is 21.6. The van der Waals surface area contributed by atoms with Crippen molar-refractivity contribution in [1.29, 1.82) is 0 Å². The lowest BCUT2D eigenvalue weighted by Gasteiger charge is -2.18. The predicted octanol–water partition coefficient (Wildman–Crippen LogP) is 1.23. The van der Waals surface area contributed by atoms with Crippen LogP contribution in [-0.4, -0.2) is 40.1 Å². The van der Waals surface area contributed by atoms with E-state index in [0.717, 1.165) is 12.0 Å². The summed E-state index contributed by atoms with van der Waals surface area (Å²) in [5, 5.41) is 9.52. The van der Waals surface area contributed by atoms with Crippen LogP contribution in [0.1, 0.15) is 29.4 Å². The Morgan fingerprint density at radius 3 is 3.00 bits per heavy atom. The molecule has 17 heavy (non-hydrogen) atoms. The molecule has 1 aromatic heterocycles. The van der Waals surface area contributed by atoms with E-state index in [9.17, 15) is 9.90 Å². The van der Waals surface area contributed by atoms with Crippen LogP contribution in [0.2, 0.25) is 0 Å². The molecule has 1 saturated heterocycles. The van der Waals surface area contributed by atoms with Gasteiger partial charge < -0.3 is 10.0 Å². The molecule has 2 atom stereocenters. The molecule has 1 aromatic rings. The summed E-state index contributed by atoms with van der Waals surface area (Å²) >= 11 is 0. The zero-order chi connectivity index (χ0) is 12.4. The standard InChI is InChI=1S/C13H18N2O2/c1-9-4-3-6-14-12(9)13(17)15-7-5-11(8-15)10(2)16/h3-4,6,10-11,16H,5,7-8H2,1-2H3. The van der Waals surface area contributed by atoms with Crippen LogP contribution in [-0.2, 0) is 0 Å². The van der Waals surface area contributed by atoms with Crippen molar-refractivity contribution in [3.05, 3.63) is 29.6 Å².